The molecule has 6 nitrogen and oxygen atoms in total. The molecule has 31 heavy (non-hydrogen) atoms. The number of fused-ring (bicyclic) bond motifs is 1. The van der Waals surface area contributed by atoms with Crippen molar-refractivity contribution < 1.29 is 4.79 Å². The quantitative estimate of drug-likeness (QED) is 0.481. The Hall–Kier alpha value is -3.38. The number of aromatic nitrogens is 4. The SMILES string of the molecule is O=C(Nc1ccc(-c2ncc3n2CCCC3)cc1)c1cnn(Cc2ccccc2Cl)c1. The minimum atomic E-state index is -0.198. The van der Waals surface area contributed by atoms with Gasteiger partial charge in [0.15, 0.2) is 0 Å². The number of nitrogens with zero attached hydrogens (tertiary/aromatic N) is 4. The third kappa shape index (κ3) is 4.11. The molecule has 1 amide bonds. The summed E-state index contributed by atoms with van der Waals surface area (Å²) in [7, 11) is 0. The Labute approximate surface area is 185 Å². The molecule has 0 fully saturated rings. The zero-order valence-corrected chi connectivity index (χ0v) is 17.7. The Kier molecular flexibility index (Phi) is 5.30. The number of benzene rings is 2. The number of rotatable bonds is 5. The van der Waals surface area contributed by atoms with Crippen LogP contribution in [0.5, 0.6) is 0 Å². The van der Waals surface area contributed by atoms with E-state index in [1.165, 1.54) is 18.5 Å². The third-order valence-electron chi connectivity index (χ3n) is 5.59. The number of carbonyl (C=O) groups excluding carboxylic acids is 1. The molecule has 156 valence electrons. The van der Waals surface area contributed by atoms with Crippen LogP contribution in [0.3, 0.4) is 0 Å². The lowest BCUT2D eigenvalue weighted by Crippen LogP contribution is -2.12. The molecular weight excluding hydrogens is 410 g/mol. The largest absolute Gasteiger partial charge is 0.328 e. The van der Waals surface area contributed by atoms with Gasteiger partial charge >= 0.3 is 0 Å². The summed E-state index contributed by atoms with van der Waals surface area (Å²) in [6.45, 7) is 1.53. The molecule has 0 bridgehead atoms. The van der Waals surface area contributed by atoms with Crippen LogP contribution in [0.2, 0.25) is 5.02 Å². The third-order valence-corrected chi connectivity index (χ3v) is 5.96. The predicted molar refractivity (Wildman–Crippen MR) is 121 cm³/mol. The van der Waals surface area contributed by atoms with Crippen LogP contribution in [0, 0.1) is 0 Å². The molecule has 0 saturated heterocycles. The fourth-order valence-electron chi connectivity index (χ4n) is 3.94. The second-order valence-electron chi connectivity index (χ2n) is 7.73. The topological polar surface area (TPSA) is 64.7 Å². The predicted octanol–water partition coefficient (Wildman–Crippen LogP) is 5.04. The number of aryl methyl sites for hydroxylation is 1. The van der Waals surface area contributed by atoms with E-state index in [2.05, 4.69) is 20.0 Å². The molecule has 0 atom stereocenters. The molecule has 2 aromatic heterocycles. The molecule has 1 N–H and O–H groups in total. The number of halogens is 1. The number of hydrogen-bond donors (Lipinski definition) is 1. The summed E-state index contributed by atoms with van der Waals surface area (Å²) in [5.74, 6) is 0.796. The molecule has 0 saturated carbocycles. The maximum Gasteiger partial charge on any atom is 0.258 e. The number of anilines is 1. The summed E-state index contributed by atoms with van der Waals surface area (Å²) in [4.78, 5) is 17.2. The van der Waals surface area contributed by atoms with Gasteiger partial charge in [-0.2, -0.15) is 5.10 Å². The summed E-state index contributed by atoms with van der Waals surface area (Å²) in [6, 6.07) is 15.4. The van der Waals surface area contributed by atoms with Crippen molar-refractivity contribution in [2.24, 2.45) is 0 Å². The summed E-state index contributed by atoms with van der Waals surface area (Å²) in [5, 5.41) is 7.91. The normalized spacial score (nSPS) is 13.1. The van der Waals surface area contributed by atoms with Crippen molar-refractivity contribution in [1.82, 2.24) is 19.3 Å². The number of nitrogens with one attached hydrogen (secondary N) is 1. The number of amides is 1. The highest BCUT2D eigenvalue weighted by Crippen LogP contribution is 2.25. The number of hydrogen-bond acceptors (Lipinski definition) is 3. The Morgan fingerprint density at radius 3 is 2.74 bits per heavy atom. The molecule has 7 heteroatoms. The summed E-state index contributed by atoms with van der Waals surface area (Å²) in [5.41, 5.74) is 4.54. The molecule has 2 aromatic carbocycles. The fourth-order valence-corrected chi connectivity index (χ4v) is 4.14. The molecule has 0 unspecified atom stereocenters. The maximum absolute atomic E-state index is 12.6. The van der Waals surface area contributed by atoms with E-state index in [-0.39, 0.29) is 5.91 Å². The zero-order valence-electron chi connectivity index (χ0n) is 17.0. The molecule has 4 aromatic rings. The summed E-state index contributed by atoms with van der Waals surface area (Å²) < 4.78 is 4.01. The van der Waals surface area contributed by atoms with Gasteiger partial charge in [0.2, 0.25) is 0 Å². The lowest BCUT2D eigenvalue weighted by molar-refractivity contribution is 0.102. The molecule has 0 aliphatic carbocycles. The van der Waals surface area contributed by atoms with Crippen molar-refractivity contribution in [2.75, 3.05) is 5.32 Å². The molecule has 0 radical (unpaired) electrons. The smallest absolute Gasteiger partial charge is 0.258 e. The van der Waals surface area contributed by atoms with Crippen molar-refractivity contribution in [3.63, 3.8) is 0 Å². The molecule has 1 aliphatic heterocycles. The van der Waals surface area contributed by atoms with Gasteiger partial charge in [0.25, 0.3) is 5.91 Å². The second-order valence-corrected chi connectivity index (χ2v) is 8.14. The van der Waals surface area contributed by atoms with Gasteiger partial charge in [-0.05, 0) is 55.2 Å². The van der Waals surface area contributed by atoms with E-state index in [0.717, 1.165) is 35.6 Å². The van der Waals surface area contributed by atoms with Crippen molar-refractivity contribution in [1.29, 1.82) is 0 Å². The minimum absolute atomic E-state index is 0.198. The van der Waals surface area contributed by atoms with Gasteiger partial charge in [-0.1, -0.05) is 29.8 Å². The van der Waals surface area contributed by atoms with Crippen LogP contribution in [-0.2, 0) is 19.5 Å². The van der Waals surface area contributed by atoms with Gasteiger partial charge in [0, 0.05) is 40.9 Å². The molecule has 3 heterocycles. The van der Waals surface area contributed by atoms with Crippen LogP contribution in [0.25, 0.3) is 11.4 Å². The first-order valence-corrected chi connectivity index (χ1v) is 10.8. The van der Waals surface area contributed by atoms with E-state index < -0.39 is 0 Å². The lowest BCUT2D eigenvalue weighted by atomic mass is 10.1. The Morgan fingerprint density at radius 2 is 1.90 bits per heavy atom. The highest BCUT2D eigenvalue weighted by atomic mass is 35.5. The van der Waals surface area contributed by atoms with E-state index >= 15 is 0 Å². The van der Waals surface area contributed by atoms with Gasteiger partial charge in [-0.25, -0.2) is 4.98 Å². The van der Waals surface area contributed by atoms with Crippen LogP contribution >= 0.6 is 11.6 Å². The van der Waals surface area contributed by atoms with E-state index in [0.29, 0.717) is 17.1 Å². The lowest BCUT2D eigenvalue weighted by Gasteiger charge is -2.16. The first-order valence-electron chi connectivity index (χ1n) is 10.4. The van der Waals surface area contributed by atoms with Crippen LogP contribution in [0.15, 0.2) is 67.1 Å². The number of imidazole rings is 1. The first-order chi connectivity index (χ1) is 15.2. The molecule has 0 spiro atoms. The van der Waals surface area contributed by atoms with Crippen LogP contribution in [-0.4, -0.2) is 25.2 Å². The standard InChI is InChI=1S/C24H22ClN5O/c25-22-7-2-1-5-18(22)15-29-16-19(13-27-29)24(31)28-20-10-8-17(9-11-20)23-26-14-21-6-3-4-12-30(21)23/h1-2,5,7-11,13-14,16H,3-4,6,12,15H2,(H,28,31). The first kappa shape index (κ1) is 19.6. The van der Waals surface area contributed by atoms with Crippen molar-refractivity contribution in [3.8, 4) is 11.4 Å². The van der Waals surface area contributed by atoms with Crippen molar-refractivity contribution >= 4 is 23.2 Å². The molecule has 5 rings (SSSR count). The van der Waals surface area contributed by atoms with Crippen molar-refractivity contribution in [2.45, 2.75) is 32.4 Å². The molecule has 1 aliphatic rings. The highest BCUT2D eigenvalue weighted by molar-refractivity contribution is 6.31. The van der Waals surface area contributed by atoms with Gasteiger partial charge in [0.1, 0.15) is 5.82 Å². The molecular formula is C24H22ClN5O. The Morgan fingerprint density at radius 1 is 1.06 bits per heavy atom. The maximum atomic E-state index is 12.6. The van der Waals surface area contributed by atoms with E-state index in [1.807, 2.05) is 54.7 Å². The van der Waals surface area contributed by atoms with Gasteiger partial charge in [-0.3, -0.25) is 9.48 Å². The Balaban J connectivity index is 1.26. The Bertz CT molecular complexity index is 1230. The summed E-state index contributed by atoms with van der Waals surface area (Å²) >= 11 is 6.21. The zero-order chi connectivity index (χ0) is 21.2. The average Bonchev–Trinajstić information content (AvgIpc) is 3.43. The highest BCUT2D eigenvalue weighted by Gasteiger charge is 2.15. The monoisotopic (exact) mass is 431 g/mol. The van der Waals surface area contributed by atoms with E-state index in [1.54, 1.807) is 17.1 Å². The number of carbonyl (C=O) groups is 1. The summed E-state index contributed by atoms with van der Waals surface area (Å²) in [6.07, 6.45) is 8.77. The fraction of sp³-hybridized carbons (Fsp3) is 0.208. The van der Waals surface area contributed by atoms with Gasteiger partial charge in [0.05, 0.1) is 18.3 Å². The minimum Gasteiger partial charge on any atom is -0.328 e. The second kappa shape index (κ2) is 8.40. The average molecular weight is 432 g/mol. The van der Waals surface area contributed by atoms with Crippen molar-refractivity contribution in [3.05, 3.63) is 89.0 Å². The van der Waals surface area contributed by atoms with Gasteiger partial charge in [-0.15, -0.1) is 0 Å². The van der Waals surface area contributed by atoms with E-state index in [4.69, 9.17) is 11.6 Å². The van der Waals surface area contributed by atoms with E-state index in [9.17, 15) is 4.79 Å². The van der Waals surface area contributed by atoms with Gasteiger partial charge < -0.3 is 9.88 Å². The van der Waals surface area contributed by atoms with Crippen LogP contribution in [0.4, 0.5) is 5.69 Å². The van der Waals surface area contributed by atoms with Crippen LogP contribution in [0.1, 0.15) is 34.5 Å². The van der Waals surface area contributed by atoms with Crippen LogP contribution < -0.4 is 5.32 Å².